The molecule has 17 heavy (non-hydrogen) atoms. The number of aromatic amines is 1. The van der Waals surface area contributed by atoms with Gasteiger partial charge in [-0.2, -0.15) is 5.10 Å². The number of hydrogen-bond donors (Lipinski definition) is 2. The van der Waals surface area contributed by atoms with Crippen LogP contribution >= 0.6 is 11.3 Å². The van der Waals surface area contributed by atoms with Crippen LogP contribution in [-0.4, -0.2) is 15.2 Å². The second-order valence-corrected chi connectivity index (χ2v) is 4.75. The van der Waals surface area contributed by atoms with E-state index in [1.54, 1.807) is 6.07 Å². The fraction of sp³-hybridized carbons (Fsp3) is 0.0909. The molecule has 0 aliphatic rings. The molecule has 3 rings (SSSR count). The molecule has 2 aromatic heterocycles. The number of hydrogen-bond acceptors (Lipinski definition) is 4. The summed E-state index contributed by atoms with van der Waals surface area (Å²) in [6, 6.07) is 4.91. The number of nitrogens with one attached hydrogen (secondary N) is 1. The molecule has 0 fully saturated rings. The second-order valence-electron chi connectivity index (χ2n) is 3.71. The molecule has 3 N–H and O–H groups in total. The normalized spacial score (nSPS) is 11.2. The average molecular weight is 248 g/mol. The number of aryl methyl sites for hydroxylation is 1. The lowest BCUT2D eigenvalue weighted by molar-refractivity contribution is 0.637. The molecule has 0 aliphatic heterocycles. The van der Waals surface area contributed by atoms with Gasteiger partial charge in [0, 0.05) is 5.69 Å². The zero-order valence-electron chi connectivity index (χ0n) is 8.99. The highest BCUT2D eigenvalue weighted by Gasteiger charge is 2.15. The van der Waals surface area contributed by atoms with Gasteiger partial charge >= 0.3 is 0 Å². The first-order valence-corrected chi connectivity index (χ1v) is 5.84. The molecule has 0 aliphatic carbocycles. The first-order chi connectivity index (χ1) is 8.16. The molecule has 1 aromatic carbocycles. The van der Waals surface area contributed by atoms with E-state index in [-0.39, 0.29) is 5.82 Å². The number of nitrogens with two attached hydrogens (primary N) is 1. The second kappa shape index (κ2) is 3.53. The number of para-hydroxylation sites is 1. The molecule has 0 spiro atoms. The standard InChI is InChI=1S/C11H9FN4S/c1-5-8(10(13)16-15-5)11-14-9-6(12)3-2-4-7(9)17-11/h2-4H,1H3,(H3,13,15,16). The smallest absolute Gasteiger partial charge is 0.155 e. The van der Waals surface area contributed by atoms with Crippen LogP contribution in [0.1, 0.15) is 5.69 Å². The van der Waals surface area contributed by atoms with Crippen molar-refractivity contribution < 1.29 is 4.39 Å². The summed E-state index contributed by atoms with van der Waals surface area (Å²) in [4.78, 5) is 4.28. The van der Waals surface area contributed by atoms with Crippen molar-refractivity contribution in [2.45, 2.75) is 6.92 Å². The van der Waals surface area contributed by atoms with Crippen molar-refractivity contribution in [1.82, 2.24) is 15.2 Å². The SMILES string of the molecule is Cc1[nH]nc(N)c1-c1nc2c(F)cccc2s1. The van der Waals surface area contributed by atoms with E-state index < -0.39 is 0 Å². The van der Waals surface area contributed by atoms with Crippen molar-refractivity contribution in [1.29, 1.82) is 0 Å². The van der Waals surface area contributed by atoms with E-state index in [1.807, 2.05) is 13.0 Å². The lowest BCUT2D eigenvalue weighted by Gasteiger charge is -1.93. The summed E-state index contributed by atoms with van der Waals surface area (Å²) in [7, 11) is 0. The van der Waals surface area contributed by atoms with Gasteiger partial charge in [-0.25, -0.2) is 9.37 Å². The highest BCUT2D eigenvalue weighted by Crippen LogP contribution is 2.34. The van der Waals surface area contributed by atoms with Gasteiger partial charge < -0.3 is 5.73 Å². The van der Waals surface area contributed by atoms with Gasteiger partial charge in [0.05, 0.1) is 10.3 Å². The van der Waals surface area contributed by atoms with E-state index in [0.29, 0.717) is 16.3 Å². The van der Waals surface area contributed by atoms with Crippen molar-refractivity contribution in [3.05, 3.63) is 29.7 Å². The Morgan fingerprint density at radius 2 is 2.24 bits per heavy atom. The molecule has 0 saturated heterocycles. The number of nitrogen functional groups attached to an aromatic ring is 1. The number of anilines is 1. The first kappa shape index (κ1) is 10.2. The minimum atomic E-state index is -0.315. The third-order valence-electron chi connectivity index (χ3n) is 2.56. The predicted octanol–water partition coefficient (Wildman–Crippen LogP) is 2.72. The Kier molecular flexibility index (Phi) is 2.12. The quantitative estimate of drug-likeness (QED) is 0.695. The summed E-state index contributed by atoms with van der Waals surface area (Å²) in [5.74, 6) is 0.0756. The van der Waals surface area contributed by atoms with Crippen molar-refractivity contribution in [3.63, 3.8) is 0 Å². The highest BCUT2D eigenvalue weighted by molar-refractivity contribution is 7.21. The third-order valence-corrected chi connectivity index (χ3v) is 3.60. The molecule has 0 atom stereocenters. The summed E-state index contributed by atoms with van der Waals surface area (Å²) in [5.41, 5.74) is 7.74. The van der Waals surface area contributed by atoms with Crippen molar-refractivity contribution in [3.8, 4) is 10.6 Å². The van der Waals surface area contributed by atoms with Gasteiger partial charge in [-0.1, -0.05) is 6.07 Å². The van der Waals surface area contributed by atoms with Crippen LogP contribution in [0, 0.1) is 12.7 Å². The number of benzene rings is 1. The molecule has 0 amide bonds. The van der Waals surface area contributed by atoms with E-state index >= 15 is 0 Å². The Hall–Kier alpha value is -1.95. The molecule has 0 unspecified atom stereocenters. The van der Waals surface area contributed by atoms with Crippen molar-refractivity contribution in [2.75, 3.05) is 5.73 Å². The lowest BCUT2D eigenvalue weighted by atomic mass is 10.2. The van der Waals surface area contributed by atoms with Crippen LogP contribution in [0.4, 0.5) is 10.2 Å². The summed E-state index contributed by atoms with van der Waals surface area (Å²) in [5, 5.41) is 7.39. The number of nitrogens with zero attached hydrogens (tertiary/aromatic N) is 2. The maximum Gasteiger partial charge on any atom is 0.155 e. The Labute approximate surface area is 100 Å². The molecule has 0 saturated carbocycles. The van der Waals surface area contributed by atoms with E-state index in [2.05, 4.69) is 15.2 Å². The van der Waals surface area contributed by atoms with Gasteiger partial charge in [-0.15, -0.1) is 11.3 Å². The van der Waals surface area contributed by atoms with Crippen molar-refractivity contribution in [2.24, 2.45) is 0 Å². The van der Waals surface area contributed by atoms with Crippen LogP contribution in [0.3, 0.4) is 0 Å². The Bertz CT molecular complexity index is 681. The highest BCUT2D eigenvalue weighted by atomic mass is 32.1. The molecule has 86 valence electrons. The van der Waals surface area contributed by atoms with Gasteiger partial charge in [0.1, 0.15) is 16.3 Å². The number of fused-ring (bicyclic) bond motifs is 1. The molecular weight excluding hydrogens is 239 g/mol. The fourth-order valence-electron chi connectivity index (χ4n) is 1.74. The summed E-state index contributed by atoms with van der Waals surface area (Å²) in [6.45, 7) is 1.86. The number of thiazole rings is 1. The molecule has 4 nitrogen and oxygen atoms in total. The van der Waals surface area contributed by atoms with Gasteiger partial charge in [0.15, 0.2) is 5.82 Å². The molecule has 0 bridgehead atoms. The third kappa shape index (κ3) is 1.49. The van der Waals surface area contributed by atoms with Crippen molar-refractivity contribution >= 4 is 27.4 Å². The first-order valence-electron chi connectivity index (χ1n) is 5.02. The molecule has 0 radical (unpaired) electrons. The van der Waals surface area contributed by atoms with Crippen LogP contribution in [0.2, 0.25) is 0 Å². The molecular formula is C11H9FN4S. The Morgan fingerprint density at radius 3 is 2.88 bits per heavy atom. The topological polar surface area (TPSA) is 67.6 Å². The molecule has 2 heterocycles. The summed E-state index contributed by atoms with van der Waals surface area (Å²) in [6.07, 6.45) is 0. The predicted molar refractivity (Wildman–Crippen MR) is 66.3 cm³/mol. The van der Waals surface area contributed by atoms with Crippen LogP contribution < -0.4 is 5.73 Å². The van der Waals surface area contributed by atoms with Crippen LogP contribution in [0.25, 0.3) is 20.8 Å². The minimum absolute atomic E-state index is 0.315. The monoisotopic (exact) mass is 248 g/mol. The van der Waals surface area contributed by atoms with Gasteiger partial charge in [0.25, 0.3) is 0 Å². The number of rotatable bonds is 1. The Balaban J connectivity index is 2.29. The largest absolute Gasteiger partial charge is 0.382 e. The van der Waals surface area contributed by atoms with Gasteiger partial charge in [-0.05, 0) is 19.1 Å². The van der Waals surface area contributed by atoms with E-state index in [0.717, 1.165) is 16.0 Å². The van der Waals surface area contributed by atoms with Crippen LogP contribution in [-0.2, 0) is 0 Å². The average Bonchev–Trinajstić information content (AvgIpc) is 2.84. The molecule has 3 aromatic rings. The zero-order valence-corrected chi connectivity index (χ0v) is 9.81. The van der Waals surface area contributed by atoms with E-state index in [1.165, 1.54) is 17.4 Å². The molecule has 6 heteroatoms. The fourth-order valence-corrected chi connectivity index (χ4v) is 2.83. The summed E-state index contributed by atoms with van der Waals surface area (Å²) < 4.78 is 14.3. The Morgan fingerprint density at radius 1 is 1.41 bits per heavy atom. The van der Waals surface area contributed by atoms with E-state index in [4.69, 9.17) is 5.73 Å². The number of H-pyrrole nitrogens is 1. The number of aromatic nitrogens is 3. The summed E-state index contributed by atoms with van der Waals surface area (Å²) >= 11 is 1.41. The maximum absolute atomic E-state index is 13.5. The minimum Gasteiger partial charge on any atom is -0.382 e. The maximum atomic E-state index is 13.5. The van der Waals surface area contributed by atoms with E-state index in [9.17, 15) is 4.39 Å². The van der Waals surface area contributed by atoms with Gasteiger partial charge in [-0.3, -0.25) is 5.10 Å². The number of halogens is 1. The zero-order chi connectivity index (χ0) is 12.0. The lowest BCUT2D eigenvalue weighted by Crippen LogP contribution is -1.87. The van der Waals surface area contributed by atoms with Crippen LogP contribution in [0.5, 0.6) is 0 Å². The van der Waals surface area contributed by atoms with Gasteiger partial charge in [0.2, 0.25) is 0 Å². The van der Waals surface area contributed by atoms with Crippen LogP contribution in [0.15, 0.2) is 18.2 Å².